The Labute approximate surface area is 110 Å². The summed E-state index contributed by atoms with van der Waals surface area (Å²) < 4.78 is 0. The molecule has 0 aliphatic rings. The van der Waals surface area contributed by atoms with Crippen molar-refractivity contribution in [3.8, 4) is 0 Å². The number of H-pyrrole nitrogens is 1. The lowest BCUT2D eigenvalue weighted by atomic mass is 10.2. The number of amides is 2. The van der Waals surface area contributed by atoms with E-state index >= 15 is 0 Å². The molecule has 0 saturated carbocycles. The number of urea groups is 1. The van der Waals surface area contributed by atoms with Gasteiger partial charge in [-0.1, -0.05) is 11.6 Å². The molecular formula is C12H13ClN4O. The largest absolute Gasteiger partial charge is 0.331 e. The van der Waals surface area contributed by atoms with Crippen molar-refractivity contribution in [2.45, 2.75) is 13.0 Å². The van der Waals surface area contributed by atoms with Crippen LogP contribution in [0.3, 0.4) is 0 Å². The molecule has 2 rings (SSSR count). The monoisotopic (exact) mass is 264 g/mol. The molecule has 1 heterocycles. The fourth-order valence-corrected chi connectivity index (χ4v) is 1.60. The van der Waals surface area contributed by atoms with Crippen LogP contribution in [0.4, 0.5) is 10.5 Å². The maximum absolute atomic E-state index is 11.7. The van der Waals surface area contributed by atoms with E-state index in [9.17, 15) is 4.79 Å². The smallest absolute Gasteiger partial charge is 0.319 e. The molecule has 0 spiro atoms. The number of rotatable bonds is 3. The fourth-order valence-electron chi connectivity index (χ4n) is 1.48. The first-order chi connectivity index (χ1) is 8.65. The molecule has 94 valence electrons. The summed E-state index contributed by atoms with van der Waals surface area (Å²) in [7, 11) is 0. The third-order valence-corrected chi connectivity index (χ3v) is 2.72. The Kier molecular flexibility index (Phi) is 3.84. The summed E-state index contributed by atoms with van der Waals surface area (Å²) in [6.07, 6.45) is 3.42. The van der Waals surface area contributed by atoms with Gasteiger partial charge in [0.15, 0.2) is 0 Å². The van der Waals surface area contributed by atoms with Crippen LogP contribution in [-0.2, 0) is 0 Å². The van der Waals surface area contributed by atoms with E-state index in [1.54, 1.807) is 36.7 Å². The number of nitrogens with zero attached hydrogens (tertiary/aromatic N) is 1. The van der Waals surface area contributed by atoms with Crippen LogP contribution in [-0.4, -0.2) is 16.2 Å². The van der Waals surface area contributed by atoms with Crippen molar-refractivity contribution in [2.24, 2.45) is 0 Å². The highest BCUT2D eigenvalue weighted by Gasteiger charge is 2.10. The predicted molar refractivity (Wildman–Crippen MR) is 70.6 cm³/mol. The third-order valence-electron chi connectivity index (χ3n) is 2.47. The lowest BCUT2D eigenvalue weighted by molar-refractivity contribution is 0.249. The van der Waals surface area contributed by atoms with Gasteiger partial charge in [-0.25, -0.2) is 4.79 Å². The molecule has 0 aliphatic heterocycles. The quantitative estimate of drug-likeness (QED) is 0.798. The summed E-state index contributed by atoms with van der Waals surface area (Å²) >= 11 is 5.76. The fraction of sp³-hybridized carbons (Fsp3) is 0.167. The average Bonchev–Trinajstić information content (AvgIpc) is 2.85. The summed E-state index contributed by atoms with van der Waals surface area (Å²) in [6.45, 7) is 1.88. The molecule has 1 atom stereocenters. The first-order valence-electron chi connectivity index (χ1n) is 5.47. The summed E-state index contributed by atoms with van der Waals surface area (Å²) in [5.74, 6) is 0. The Hall–Kier alpha value is -2.01. The van der Waals surface area contributed by atoms with Gasteiger partial charge in [-0.2, -0.15) is 5.10 Å². The lowest BCUT2D eigenvalue weighted by Gasteiger charge is -2.13. The van der Waals surface area contributed by atoms with Crippen molar-refractivity contribution in [3.05, 3.63) is 47.2 Å². The first-order valence-corrected chi connectivity index (χ1v) is 5.84. The van der Waals surface area contributed by atoms with Gasteiger partial charge in [-0.15, -0.1) is 0 Å². The van der Waals surface area contributed by atoms with Gasteiger partial charge >= 0.3 is 6.03 Å². The van der Waals surface area contributed by atoms with Gasteiger partial charge in [0.25, 0.3) is 0 Å². The highest BCUT2D eigenvalue weighted by atomic mass is 35.5. The van der Waals surface area contributed by atoms with Crippen molar-refractivity contribution < 1.29 is 4.79 Å². The normalized spacial score (nSPS) is 11.9. The van der Waals surface area contributed by atoms with Gasteiger partial charge in [0, 0.05) is 22.5 Å². The number of hydrogen-bond acceptors (Lipinski definition) is 2. The van der Waals surface area contributed by atoms with Crippen LogP contribution in [0.15, 0.2) is 36.7 Å². The maximum Gasteiger partial charge on any atom is 0.319 e. The van der Waals surface area contributed by atoms with E-state index < -0.39 is 0 Å². The summed E-state index contributed by atoms with van der Waals surface area (Å²) in [6, 6.07) is 6.53. The minimum atomic E-state index is -0.272. The Morgan fingerprint density at radius 1 is 1.39 bits per heavy atom. The molecule has 18 heavy (non-hydrogen) atoms. The zero-order valence-electron chi connectivity index (χ0n) is 9.77. The van der Waals surface area contributed by atoms with E-state index in [4.69, 9.17) is 11.6 Å². The minimum Gasteiger partial charge on any atom is -0.331 e. The number of nitrogens with one attached hydrogen (secondary N) is 3. The third kappa shape index (κ3) is 3.24. The van der Waals surface area contributed by atoms with E-state index in [1.807, 2.05) is 6.92 Å². The SMILES string of the molecule is CC(NC(=O)Nc1ccc(Cl)cc1)c1cn[nH]c1. The van der Waals surface area contributed by atoms with Crippen LogP contribution in [0.1, 0.15) is 18.5 Å². The molecule has 0 radical (unpaired) electrons. The van der Waals surface area contributed by atoms with Gasteiger partial charge in [-0.3, -0.25) is 5.10 Å². The van der Waals surface area contributed by atoms with Crippen LogP contribution < -0.4 is 10.6 Å². The van der Waals surface area contributed by atoms with E-state index in [2.05, 4.69) is 20.8 Å². The zero-order chi connectivity index (χ0) is 13.0. The molecule has 2 amide bonds. The molecule has 5 nitrogen and oxygen atoms in total. The van der Waals surface area contributed by atoms with Gasteiger partial charge in [0.05, 0.1) is 12.2 Å². The number of carbonyl (C=O) groups excluding carboxylic acids is 1. The number of hydrogen-bond donors (Lipinski definition) is 3. The number of benzene rings is 1. The molecule has 1 unspecified atom stereocenters. The van der Waals surface area contributed by atoms with E-state index in [1.165, 1.54) is 0 Å². The van der Waals surface area contributed by atoms with E-state index in [0.29, 0.717) is 10.7 Å². The molecule has 0 bridgehead atoms. The molecule has 1 aromatic carbocycles. The highest BCUT2D eigenvalue weighted by Crippen LogP contribution is 2.14. The molecule has 3 N–H and O–H groups in total. The molecule has 6 heteroatoms. The topological polar surface area (TPSA) is 69.8 Å². The Morgan fingerprint density at radius 2 is 2.11 bits per heavy atom. The minimum absolute atomic E-state index is 0.115. The standard InChI is InChI=1S/C12H13ClN4O/c1-8(9-6-14-15-7-9)16-12(18)17-11-4-2-10(13)3-5-11/h2-8H,1H3,(H,14,15)(H2,16,17,18). The number of halogens is 1. The maximum atomic E-state index is 11.7. The first kappa shape index (κ1) is 12.4. The Balaban J connectivity index is 1.91. The highest BCUT2D eigenvalue weighted by molar-refractivity contribution is 6.30. The summed E-state index contributed by atoms with van der Waals surface area (Å²) in [4.78, 5) is 11.7. The van der Waals surface area contributed by atoms with Crippen molar-refractivity contribution in [1.29, 1.82) is 0 Å². The summed E-state index contributed by atoms with van der Waals surface area (Å²) in [5.41, 5.74) is 1.61. The summed E-state index contributed by atoms with van der Waals surface area (Å²) in [5, 5.41) is 12.7. The molecular weight excluding hydrogens is 252 g/mol. The van der Waals surface area contributed by atoms with Crippen LogP contribution in [0.2, 0.25) is 5.02 Å². The van der Waals surface area contributed by atoms with E-state index in [0.717, 1.165) is 5.56 Å². The van der Waals surface area contributed by atoms with Crippen molar-refractivity contribution >= 4 is 23.3 Å². The van der Waals surface area contributed by atoms with Crippen molar-refractivity contribution in [3.63, 3.8) is 0 Å². The predicted octanol–water partition coefficient (Wildman–Crippen LogP) is 2.95. The van der Waals surface area contributed by atoms with Crippen LogP contribution in [0.5, 0.6) is 0 Å². The molecule has 1 aromatic heterocycles. The van der Waals surface area contributed by atoms with Crippen LogP contribution in [0.25, 0.3) is 0 Å². The Bertz CT molecular complexity index is 509. The molecule has 0 fully saturated rings. The molecule has 2 aromatic rings. The van der Waals surface area contributed by atoms with Gasteiger partial charge in [0.1, 0.15) is 0 Å². The second kappa shape index (κ2) is 5.55. The van der Waals surface area contributed by atoms with Gasteiger partial charge in [0.2, 0.25) is 0 Å². The Morgan fingerprint density at radius 3 is 2.72 bits per heavy atom. The molecule has 0 saturated heterocycles. The van der Waals surface area contributed by atoms with Crippen molar-refractivity contribution in [2.75, 3.05) is 5.32 Å². The number of anilines is 1. The van der Waals surface area contributed by atoms with Gasteiger partial charge < -0.3 is 10.6 Å². The number of aromatic amines is 1. The van der Waals surface area contributed by atoms with E-state index in [-0.39, 0.29) is 12.1 Å². The second-order valence-electron chi connectivity index (χ2n) is 3.86. The van der Waals surface area contributed by atoms with Crippen LogP contribution in [0, 0.1) is 0 Å². The molecule has 0 aliphatic carbocycles. The van der Waals surface area contributed by atoms with Crippen LogP contribution >= 0.6 is 11.6 Å². The zero-order valence-corrected chi connectivity index (χ0v) is 10.5. The average molecular weight is 265 g/mol. The lowest BCUT2D eigenvalue weighted by Crippen LogP contribution is -2.30. The van der Waals surface area contributed by atoms with Gasteiger partial charge in [-0.05, 0) is 31.2 Å². The second-order valence-corrected chi connectivity index (χ2v) is 4.30. The number of carbonyl (C=O) groups is 1. The number of aromatic nitrogens is 2. The van der Waals surface area contributed by atoms with Crippen molar-refractivity contribution in [1.82, 2.24) is 15.5 Å².